The largest absolute Gasteiger partial charge is 0.508 e. The van der Waals surface area contributed by atoms with Crippen LogP contribution in [0.4, 0.5) is 5.69 Å². The number of carbonyl (C=O) groups is 1. The second kappa shape index (κ2) is 9.04. The summed E-state index contributed by atoms with van der Waals surface area (Å²) in [6, 6.07) is 23.6. The van der Waals surface area contributed by atoms with Crippen molar-refractivity contribution in [2.75, 3.05) is 18.4 Å². The van der Waals surface area contributed by atoms with E-state index in [9.17, 15) is 9.90 Å². The number of aryl methyl sites for hydroxylation is 1. The Morgan fingerprint density at radius 2 is 1.83 bits per heavy atom. The molecule has 0 saturated carbocycles. The van der Waals surface area contributed by atoms with Gasteiger partial charge in [-0.3, -0.25) is 4.79 Å². The molecular weight excluding hydrogens is 372 g/mol. The maximum atomic E-state index is 13.0. The van der Waals surface area contributed by atoms with E-state index >= 15 is 0 Å². The van der Waals surface area contributed by atoms with E-state index in [2.05, 4.69) is 36.5 Å². The number of anilines is 1. The number of likely N-dealkylation sites (tertiary alicyclic amines) is 1. The second-order valence-electron chi connectivity index (χ2n) is 8.20. The summed E-state index contributed by atoms with van der Waals surface area (Å²) in [5.74, 6) is 0.819. The van der Waals surface area contributed by atoms with Crippen molar-refractivity contribution in [3.8, 4) is 5.75 Å². The third-order valence-electron chi connectivity index (χ3n) is 5.73. The summed E-state index contributed by atoms with van der Waals surface area (Å²) < 4.78 is 0. The fraction of sp³-hybridized carbons (Fsp3) is 0.269. The first kappa shape index (κ1) is 20.0. The molecule has 2 N–H and O–H groups in total. The van der Waals surface area contributed by atoms with Crippen LogP contribution in [0.15, 0.2) is 72.8 Å². The zero-order valence-electron chi connectivity index (χ0n) is 17.3. The lowest BCUT2D eigenvalue weighted by molar-refractivity contribution is 0.0787. The predicted octanol–water partition coefficient (Wildman–Crippen LogP) is 5.02. The van der Waals surface area contributed by atoms with Crippen molar-refractivity contribution in [2.45, 2.75) is 26.3 Å². The SMILES string of the molecule is Cc1ccc(CNc2cccc(C(=O)N3CCC(Cc4cccc(O)c4)C3)c2)cc1. The number of benzene rings is 3. The van der Waals surface area contributed by atoms with Crippen molar-refractivity contribution < 1.29 is 9.90 Å². The molecule has 1 saturated heterocycles. The van der Waals surface area contributed by atoms with Gasteiger partial charge in [-0.1, -0.05) is 48.0 Å². The molecule has 30 heavy (non-hydrogen) atoms. The summed E-state index contributed by atoms with van der Waals surface area (Å²) >= 11 is 0. The van der Waals surface area contributed by atoms with E-state index < -0.39 is 0 Å². The minimum absolute atomic E-state index is 0.0902. The van der Waals surface area contributed by atoms with Crippen molar-refractivity contribution in [1.29, 1.82) is 0 Å². The van der Waals surface area contributed by atoms with Gasteiger partial charge >= 0.3 is 0 Å². The Kier molecular flexibility index (Phi) is 6.03. The summed E-state index contributed by atoms with van der Waals surface area (Å²) in [7, 11) is 0. The molecule has 154 valence electrons. The average molecular weight is 401 g/mol. The minimum atomic E-state index is 0.0902. The molecule has 0 radical (unpaired) electrons. The average Bonchev–Trinajstić information content (AvgIpc) is 3.21. The first-order valence-corrected chi connectivity index (χ1v) is 10.5. The molecule has 1 aliphatic rings. The van der Waals surface area contributed by atoms with E-state index in [4.69, 9.17) is 0 Å². The molecule has 1 amide bonds. The van der Waals surface area contributed by atoms with Gasteiger partial charge in [-0.15, -0.1) is 0 Å². The van der Waals surface area contributed by atoms with Crippen molar-refractivity contribution in [3.63, 3.8) is 0 Å². The first-order chi connectivity index (χ1) is 14.6. The molecule has 0 spiro atoms. The maximum absolute atomic E-state index is 13.0. The summed E-state index contributed by atoms with van der Waals surface area (Å²) in [5.41, 5.74) is 5.27. The van der Waals surface area contributed by atoms with E-state index in [1.54, 1.807) is 6.07 Å². The fourth-order valence-corrected chi connectivity index (χ4v) is 4.06. The van der Waals surface area contributed by atoms with E-state index in [0.717, 1.165) is 49.3 Å². The summed E-state index contributed by atoms with van der Waals surface area (Å²) in [6.45, 7) is 4.35. The number of rotatable bonds is 6. The number of hydrogen-bond donors (Lipinski definition) is 2. The summed E-state index contributed by atoms with van der Waals surface area (Å²) in [6.07, 6.45) is 1.88. The van der Waals surface area contributed by atoms with E-state index in [1.165, 1.54) is 11.1 Å². The lowest BCUT2D eigenvalue weighted by Gasteiger charge is -2.17. The van der Waals surface area contributed by atoms with Crippen molar-refractivity contribution in [2.24, 2.45) is 5.92 Å². The zero-order chi connectivity index (χ0) is 20.9. The number of carbonyl (C=O) groups excluding carboxylic acids is 1. The Balaban J connectivity index is 1.35. The van der Waals surface area contributed by atoms with Gasteiger partial charge in [0, 0.05) is 30.9 Å². The third kappa shape index (κ3) is 5.01. The molecule has 4 nitrogen and oxygen atoms in total. The van der Waals surface area contributed by atoms with Crippen LogP contribution in [0.25, 0.3) is 0 Å². The Hall–Kier alpha value is -3.27. The molecule has 3 aromatic carbocycles. The second-order valence-corrected chi connectivity index (χ2v) is 8.20. The molecule has 1 aliphatic heterocycles. The number of aromatic hydroxyl groups is 1. The van der Waals surface area contributed by atoms with Crippen LogP contribution in [0.1, 0.15) is 33.5 Å². The fourth-order valence-electron chi connectivity index (χ4n) is 4.06. The van der Waals surface area contributed by atoms with Crippen LogP contribution in [-0.2, 0) is 13.0 Å². The first-order valence-electron chi connectivity index (χ1n) is 10.5. The van der Waals surface area contributed by atoms with E-state index in [1.807, 2.05) is 47.4 Å². The van der Waals surface area contributed by atoms with Crippen LogP contribution in [0.3, 0.4) is 0 Å². The number of phenols is 1. The highest BCUT2D eigenvalue weighted by Gasteiger charge is 2.27. The third-order valence-corrected chi connectivity index (χ3v) is 5.73. The predicted molar refractivity (Wildman–Crippen MR) is 121 cm³/mol. The standard InChI is InChI=1S/C26H28N2O2/c1-19-8-10-20(11-9-19)17-27-24-6-3-5-23(16-24)26(30)28-13-12-22(18-28)14-21-4-2-7-25(29)15-21/h2-11,15-16,22,27,29H,12-14,17-18H2,1H3. The van der Waals surface area contributed by atoms with Gasteiger partial charge in [0.15, 0.2) is 0 Å². The van der Waals surface area contributed by atoms with Gasteiger partial charge in [-0.25, -0.2) is 0 Å². The van der Waals surface area contributed by atoms with Gasteiger partial charge < -0.3 is 15.3 Å². The molecule has 3 aromatic rings. The summed E-state index contributed by atoms with van der Waals surface area (Å²) in [5, 5.41) is 13.1. The van der Waals surface area contributed by atoms with Gasteiger partial charge in [0.1, 0.15) is 5.75 Å². The number of nitrogens with zero attached hydrogens (tertiary/aromatic N) is 1. The van der Waals surface area contributed by atoms with Crippen LogP contribution in [0.2, 0.25) is 0 Å². The smallest absolute Gasteiger partial charge is 0.253 e. The molecular formula is C26H28N2O2. The molecule has 0 bridgehead atoms. The van der Waals surface area contributed by atoms with Crippen LogP contribution in [0.5, 0.6) is 5.75 Å². The number of amides is 1. The Bertz CT molecular complexity index is 1010. The molecule has 1 fully saturated rings. The molecule has 1 heterocycles. The lowest BCUT2D eigenvalue weighted by Crippen LogP contribution is -2.29. The molecule has 1 atom stereocenters. The van der Waals surface area contributed by atoms with E-state index in [0.29, 0.717) is 11.7 Å². The molecule has 0 aliphatic carbocycles. The summed E-state index contributed by atoms with van der Waals surface area (Å²) in [4.78, 5) is 15.0. The number of phenolic OH excluding ortho intramolecular Hbond substituents is 1. The number of nitrogens with one attached hydrogen (secondary N) is 1. The topological polar surface area (TPSA) is 52.6 Å². The number of hydrogen-bond acceptors (Lipinski definition) is 3. The van der Waals surface area contributed by atoms with Crippen molar-refractivity contribution in [1.82, 2.24) is 4.90 Å². The van der Waals surface area contributed by atoms with Gasteiger partial charge in [-0.05, 0) is 67.1 Å². The minimum Gasteiger partial charge on any atom is -0.508 e. The van der Waals surface area contributed by atoms with Gasteiger partial charge in [0.05, 0.1) is 0 Å². The van der Waals surface area contributed by atoms with Gasteiger partial charge in [0.2, 0.25) is 0 Å². The quantitative estimate of drug-likeness (QED) is 0.611. The highest BCUT2D eigenvalue weighted by atomic mass is 16.3. The van der Waals surface area contributed by atoms with Crippen LogP contribution in [0, 0.1) is 12.8 Å². The lowest BCUT2D eigenvalue weighted by atomic mass is 9.98. The van der Waals surface area contributed by atoms with E-state index in [-0.39, 0.29) is 5.91 Å². The van der Waals surface area contributed by atoms with Gasteiger partial charge in [0.25, 0.3) is 5.91 Å². The molecule has 1 unspecified atom stereocenters. The van der Waals surface area contributed by atoms with Crippen LogP contribution in [-0.4, -0.2) is 29.0 Å². The molecule has 0 aromatic heterocycles. The Morgan fingerprint density at radius 1 is 1.03 bits per heavy atom. The van der Waals surface area contributed by atoms with Crippen LogP contribution < -0.4 is 5.32 Å². The zero-order valence-corrected chi connectivity index (χ0v) is 17.3. The molecule has 4 rings (SSSR count). The normalized spacial score (nSPS) is 15.9. The maximum Gasteiger partial charge on any atom is 0.253 e. The molecule has 4 heteroatoms. The Morgan fingerprint density at radius 3 is 2.63 bits per heavy atom. The van der Waals surface area contributed by atoms with Gasteiger partial charge in [-0.2, -0.15) is 0 Å². The highest BCUT2D eigenvalue weighted by molar-refractivity contribution is 5.95. The van der Waals surface area contributed by atoms with Crippen LogP contribution >= 0.6 is 0 Å². The Labute approximate surface area is 178 Å². The highest BCUT2D eigenvalue weighted by Crippen LogP contribution is 2.24. The van der Waals surface area contributed by atoms with Crippen molar-refractivity contribution >= 4 is 11.6 Å². The van der Waals surface area contributed by atoms with Crippen molar-refractivity contribution in [3.05, 3.63) is 95.1 Å². The monoisotopic (exact) mass is 400 g/mol.